The van der Waals surface area contributed by atoms with Gasteiger partial charge in [0.25, 0.3) is 5.91 Å². The van der Waals surface area contributed by atoms with Crippen LogP contribution < -0.4 is 0 Å². The van der Waals surface area contributed by atoms with Crippen LogP contribution in [0.5, 0.6) is 0 Å². The molecular formula is C11H17N3O2. The van der Waals surface area contributed by atoms with Crippen molar-refractivity contribution in [2.24, 2.45) is 7.05 Å². The molecule has 1 aromatic rings. The largest absolute Gasteiger partial charge is 0.391 e. The summed E-state index contributed by atoms with van der Waals surface area (Å²) in [4.78, 5) is 13.9. The Balaban J connectivity index is 2.27. The lowest BCUT2D eigenvalue weighted by Gasteiger charge is -2.15. The van der Waals surface area contributed by atoms with Crippen LogP contribution in [0, 0.1) is 13.8 Å². The summed E-state index contributed by atoms with van der Waals surface area (Å²) in [6, 6.07) is 0. The number of aryl methyl sites for hydroxylation is 2. The number of aliphatic hydroxyl groups excluding tert-OH is 1. The van der Waals surface area contributed by atoms with Gasteiger partial charge < -0.3 is 10.0 Å². The quantitative estimate of drug-likeness (QED) is 0.742. The first-order valence-electron chi connectivity index (χ1n) is 5.48. The molecule has 1 aromatic heterocycles. The van der Waals surface area contributed by atoms with Gasteiger partial charge in [0.05, 0.1) is 17.4 Å². The summed E-state index contributed by atoms with van der Waals surface area (Å²) in [5, 5.41) is 13.7. The lowest BCUT2D eigenvalue weighted by atomic mass is 10.2. The van der Waals surface area contributed by atoms with E-state index in [-0.39, 0.29) is 12.0 Å². The van der Waals surface area contributed by atoms with Gasteiger partial charge in [0.2, 0.25) is 0 Å². The van der Waals surface area contributed by atoms with Crippen molar-refractivity contribution in [1.82, 2.24) is 14.7 Å². The number of aliphatic hydroxyl groups is 1. The highest BCUT2D eigenvalue weighted by Crippen LogP contribution is 2.18. The summed E-state index contributed by atoms with van der Waals surface area (Å²) in [5.74, 6) is -0.0142. The molecule has 88 valence electrons. The average molecular weight is 223 g/mol. The normalized spacial score (nSPS) is 20.5. The van der Waals surface area contributed by atoms with Crippen LogP contribution in [0.1, 0.15) is 28.2 Å². The molecule has 1 aliphatic rings. The third kappa shape index (κ3) is 1.71. The number of hydrogen-bond donors (Lipinski definition) is 1. The number of aromatic nitrogens is 2. The maximum atomic E-state index is 12.2. The van der Waals surface area contributed by atoms with E-state index in [2.05, 4.69) is 5.10 Å². The summed E-state index contributed by atoms with van der Waals surface area (Å²) < 4.78 is 1.72. The predicted octanol–water partition coefficient (Wildman–Crippen LogP) is 0.244. The Morgan fingerprint density at radius 3 is 2.62 bits per heavy atom. The Labute approximate surface area is 94.7 Å². The van der Waals surface area contributed by atoms with E-state index in [1.54, 1.807) is 9.58 Å². The lowest BCUT2D eigenvalue weighted by molar-refractivity contribution is 0.0763. The first-order valence-corrected chi connectivity index (χ1v) is 5.48. The molecule has 1 atom stereocenters. The molecule has 0 unspecified atom stereocenters. The number of carbonyl (C=O) groups is 1. The second-order valence-electron chi connectivity index (χ2n) is 4.36. The van der Waals surface area contributed by atoms with Crippen LogP contribution in [0.3, 0.4) is 0 Å². The summed E-state index contributed by atoms with van der Waals surface area (Å²) >= 11 is 0. The van der Waals surface area contributed by atoms with Gasteiger partial charge in [-0.2, -0.15) is 5.10 Å². The Kier molecular flexibility index (Phi) is 2.71. The zero-order valence-corrected chi connectivity index (χ0v) is 9.90. The molecule has 0 saturated carbocycles. The smallest absolute Gasteiger partial charge is 0.257 e. The first kappa shape index (κ1) is 11.1. The van der Waals surface area contributed by atoms with Gasteiger partial charge in [0.1, 0.15) is 0 Å². The summed E-state index contributed by atoms with van der Waals surface area (Å²) in [5.41, 5.74) is 2.31. The molecule has 1 saturated heterocycles. The fourth-order valence-corrected chi connectivity index (χ4v) is 2.17. The molecule has 1 aliphatic heterocycles. The summed E-state index contributed by atoms with van der Waals surface area (Å²) in [6.07, 6.45) is 0.297. The standard InChI is InChI=1S/C11H17N3O2/c1-7-10(8(2)13(3)12-7)11(16)14-5-4-9(15)6-14/h9,15H,4-6H2,1-3H3/t9-/m1/s1. The van der Waals surface area contributed by atoms with E-state index in [0.29, 0.717) is 25.1 Å². The third-order valence-corrected chi connectivity index (χ3v) is 3.17. The molecule has 1 amide bonds. The zero-order chi connectivity index (χ0) is 11.9. The number of amides is 1. The fourth-order valence-electron chi connectivity index (χ4n) is 2.17. The van der Waals surface area contributed by atoms with Gasteiger partial charge in [-0.25, -0.2) is 0 Å². The Morgan fingerprint density at radius 1 is 1.50 bits per heavy atom. The van der Waals surface area contributed by atoms with Crippen molar-refractivity contribution in [2.45, 2.75) is 26.4 Å². The predicted molar refractivity (Wildman–Crippen MR) is 59.2 cm³/mol. The maximum absolute atomic E-state index is 12.2. The number of rotatable bonds is 1. The monoisotopic (exact) mass is 223 g/mol. The summed E-state index contributed by atoms with van der Waals surface area (Å²) in [7, 11) is 1.83. The number of carbonyl (C=O) groups excluding carboxylic acids is 1. The van der Waals surface area contributed by atoms with E-state index >= 15 is 0 Å². The van der Waals surface area contributed by atoms with E-state index in [0.717, 1.165) is 11.4 Å². The van der Waals surface area contributed by atoms with Crippen LogP contribution in [-0.2, 0) is 7.05 Å². The van der Waals surface area contributed by atoms with Crippen molar-refractivity contribution in [2.75, 3.05) is 13.1 Å². The minimum absolute atomic E-state index is 0.0142. The first-order chi connectivity index (χ1) is 7.50. The van der Waals surface area contributed by atoms with Crippen molar-refractivity contribution in [3.63, 3.8) is 0 Å². The van der Waals surface area contributed by atoms with Gasteiger partial charge in [-0.15, -0.1) is 0 Å². The van der Waals surface area contributed by atoms with Crippen LogP contribution in [0.25, 0.3) is 0 Å². The molecule has 2 rings (SSSR count). The Hall–Kier alpha value is -1.36. The number of β-amino-alcohol motifs (C(OH)–C–C–N with tert-alkyl or cyclic N) is 1. The molecule has 1 fully saturated rings. The average Bonchev–Trinajstić information content (AvgIpc) is 2.73. The number of nitrogens with zero attached hydrogens (tertiary/aromatic N) is 3. The molecule has 0 aliphatic carbocycles. The molecule has 0 aromatic carbocycles. The van der Waals surface area contributed by atoms with E-state index in [1.165, 1.54) is 0 Å². The zero-order valence-electron chi connectivity index (χ0n) is 9.90. The van der Waals surface area contributed by atoms with Crippen molar-refractivity contribution < 1.29 is 9.90 Å². The van der Waals surface area contributed by atoms with Crippen molar-refractivity contribution in [3.05, 3.63) is 17.0 Å². The van der Waals surface area contributed by atoms with Gasteiger partial charge in [-0.3, -0.25) is 9.48 Å². The van der Waals surface area contributed by atoms with E-state index < -0.39 is 0 Å². The summed E-state index contributed by atoms with van der Waals surface area (Å²) in [6.45, 7) is 4.80. The molecule has 0 radical (unpaired) electrons. The van der Waals surface area contributed by atoms with Gasteiger partial charge in [0.15, 0.2) is 0 Å². The van der Waals surface area contributed by atoms with E-state index in [9.17, 15) is 9.90 Å². The molecule has 1 N–H and O–H groups in total. The van der Waals surface area contributed by atoms with Gasteiger partial charge in [0, 0.05) is 25.8 Å². The molecule has 5 heteroatoms. The molecular weight excluding hydrogens is 206 g/mol. The van der Waals surface area contributed by atoms with Crippen molar-refractivity contribution >= 4 is 5.91 Å². The van der Waals surface area contributed by atoms with E-state index in [4.69, 9.17) is 0 Å². The second kappa shape index (κ2) is 3.90. The topological polar surface area (TPSA) is 58.4 Å². The molecule has 0 spiro atoms. The Morgan fingerprint density at radius 2 is 2.19 bits per heavy atom. The SMILES string of the molecule is Cc1nn(C)c(C)c1C(=O)N1CC[C@@H](O)C1. The highest BCUT2D eigenvalue weighted by Gasteiger charge is 2.28. The van der Waals surface area contributed by atoms with Gasteiger partial charge >= 0.3 is 0 Å². The van der Waals surface area contributed by atoms with Crippen molar-refractivity contribution in [1.29, 1.82) is 0 Å². The van der Waals surface area contributed by atoms with Gasteiger partial charge in [-0.1, -0.05) is 0 Å². The van der Waals surface area contributed by atoms with Crippen LogP contribution in [0.15, 0.2) is 0 Å². The molecule has 5 nitrogen and oxygen atoms in total. The maximum Gasteiger partial charge on any atom is 0.257 e. The number of likely N-dealkylation sites (tertiary alicyclic amines) is 1. The second-order valence-corrected chi connectivity index (χ2v) is 4.36. The minimum Gasteiger partial charge on any atom is -0.391 e. The molecule has 2 heterocycles. The minimum atomic E-state index is -0.374. The fraction of sp³-hybridized carbons (Fsp3) is 0.636. The van der Waals surface area contributed by atoms with Crippen molar-refractivity contribution in [3.8, 4) is 0 Å². The molecule has 0 bridgehead atoms. The van der Waals surface area contributed by atoms with Crippen LogP contribution in [0.2, 0.25) is 0 Å². The highest BCUT2D eigenvalue weighted by atomic mass is 16.3. The Bertz CT molecular complexity index is 425. The van der Waals surface area contributed by atoms with E-state index in [1.807, 2.05) is 20.9 Å². The van der Waals surface area contributed by atoms with Gasteiger partial charge in [-0.05, 0) is 20.3 Å². The number of hydrogen-bond acceptors (Lipinski definition) is 3. The van der Waals surface area contributed by atoms with Crippen LogP contribution >= 0.6 is 0 Å². The highest BCUT2D eigenvalue weighted by molar-refractivity contribution is 5.96. The molecule has 16 heavy (non-hydrogen) atoms. The van der Waals surface area contributed by atoms with Crippen LogP contribution in [-0.4, -0.2) is 44.9 Å². The lowest BCUT2D eigenvalue weighted by Crippen LogP contribution is -2.30. The third-order valence-electron chi connectivity index (χ3n) is 3.17. The van der Waals surface area contributed by atoms with Crippen LogP contribution in [0.4, 0.5) is 0 Å².